The molecule has 11 aliphatic rings. The van der Waals surface area contributed by atoms with Gasteiger partial charge in [-0.15, -0.1) is 0 Å². The molecule has 15 atom stereocenters. The van der Waals surface area contributed by atoms with Gasteiger partial charge in [0.1, 0.15) is 24.2 Å². The van der Waals surface area contributed by atoms with Gasteiger partial charge in [-0.3, -0.25) is 0 Å². The van der Waals surface area contributed by atoms with Crippen LogP contribution in [0.3, 0.4) is 0 Å². The number of guanidine groups is 1. The van der Waals surface area contributed by atoms with Crippen molar-refractivity contribution in [2.75, 3.05) is 31.2 Å². The Hall–Kier alpha value is -3.37. The molecule has 4 heterocycles. The molecule has 2 aliphatic heterocycles. The quantitative estimate of drug-likeness (QED) is 0.0268. The zero-order valence-electron chi connectivity index (χ0n) is 47.4. The van der Waals surface area contributed by atoms with Crippen LogP contribution in [-0.2, 0) is 25.9 Å². The maximum absolute atomic E-state index is 11.8. The van der Waals surface area contributed by atoms with Crippen molar-refractivity contribution in [3.8, 4) is 11.5 Å². The standard InChI is InChI=1S/C65H94N6O6S2/c1-39(73)33-68-34-51-48-32-54(70-61(48)49-20-26-65(51)23-8-11-60(65)64(49)21-6-7-22-64)57(75)36-76-59-28-41(13-16-56(59)74)12-15-47-29-45(35-72)58(77-47)17-14-42-18-24-63-25-19-43-30-50(63)44(27-42)31-53(66)52(63)37-78-79-38-55(40(43)2)71-62(67)69-46-9-4-3-5-10-46/h13,16,19-20,25-26,28-29,32,39-40,42-44,46,49-53,55,57,60,68,70,72-75H,3-12,14-15,17-18,21-24,27,30-31,33-38,66H2,1-2H3,(H3,67,69,71)/t39-,40+,42-,43+,44+,49+,50+,51+,52-,53+,55-,57-,60+,63-,65-/m0/s1. The number of hydrogen-bond donors (Lipinski definition) is 9. The molecule has 3 aromatic rings. The first-order chi connectivity index (χ1) is 38.4. The maximum Gasteiger partial charge on any atom is 0.189 e. The number of nitrogens with zero attached hydrogens (tertiary/aromatic N) is 1. The summed E-state index contributed by atoms with van der Waals surface area (Å²) in [5.74, 6) is 9.15. The summed E-state index contributed by atoms with van der Waals surface area (Å²) in [5, 5.41) is 50.9. The number of phenolic OH excluding ortho intramolecular Hbond substituents is 1. The number of ether oxygens (including phenoxy) is 1. The van der Waals surface area contributed by atoms with Crippen molar-refractivity contribution in [1.82, 2.24) is 15.6 Å². The average Bonchev–Trinajstić information content (AvgIpc) is 3.09. The maximum atomic E-state index is 11.8. The van der Waals surface area contributed by atoms with Crippen LogP contribution in [0.25, 0.3) is 0 Å². The molecule has 2 aromatic heterocycles. The molecule has 9 aliphatic carbocycles. The molecular formula is C65H94N6O6S2. The van der Waals surface area contributed by atoms with E-state index in [1.54, 1.807) is 6.07 Å². The number of furan rings is 1. The van der Waals surface area contributed by atoms with Crippen molar-refractivity contribution < 1.29 is 29.6 Å². The predicted molar refractivity (Wildman–Crippen MR) is 319 cm³/mol. The zero-order chi connectivity index (χ0) is 54.5. The highest BCUT2D eigenvalue weighted by molar-refractivity contribution is 8.76. The SMILES string of the molecule is C[C@@H]1[C@@H]2C=C[C@]34CC[C@H](CCc5oc(CCc6ccc(O)c(OC[C@H](O)c7cc8c([nH]7)[C@H]7C=C[C@@]9(CCC[C@@H]9C79CCCC9)[C@@H]8CNC[C@H](C)O)c6)cc5CO)C[C@H](C[C@@H](N)[C@@H]3CSSC[C@@H]1N=C(N)NC1CCCCC1)[C@H]4C2. The van der Waals surface area contributed by atoms with Gasteiger partial charge in [0.2, 0.25) is 0 Å². The largest absolute Gasteiger partial charge is 0.504 e. The van der Waals surface area contributed by atoms with Crippen LogP contribution >= 0.6 is 21.6 Å². The van der Waals surface area contributed by atoms with Crippen LogP contribution in [0.4, 0.5) is 0 Å². The second-order valence-electron chi connectivity index (χ2n) is 26.8. The number of nitrogens with one attached hydrogen (secondary N) is 3. The molecule has 7 bridgehead atoms. The second kappa shape index (κ2) is 23.7. The van der Waals surface area contributed by atoms with E-state index >= 15 is 0 Å². The first-order valence-electron chi connectivity index (χ1n) is 31.3. The lowest BCUT2D eigenvalue weighted by Crippen LogP contribution is -2.55. The van der Waals surface area contributed by atoms with Gasteiger partial charge >= 0.3 is 0 Å². The normalized spacial score (nSPS) is 35.6. The number of aromatic amines is 1. The summed E-state index contributed by atoms with van der Waals surface area (Å²) >= 11 is 0. The molecule has 79 heavy (non-hydrogen) atoms. The Bertz CT molecular complexity index is 2670. The Morgan fingerprint density at radius 3 is 2.54 bits per heavy atom. The number of hydrogen-bond acceptors (Lipinski definition) is 11. The molecule has 12 nitrogen and oxygen atoms in total. The molecule has 0 radical (unpaired) electrons. The second-order valence-corrected chi connectivity index (χ2v) is 29.4. The van der Waals surface area contributed by atoms with E-state index in [-0.39, 0.29) is 53.2 Å². The van der Waals surface area contributed by atoms with Gasteiger partial charge in [-0.25, -0.2) is 4.99 Å². The van der Waals surface area contributed by atoms with Gasteiger partial charge < -0.3 is 56.7 Å². The van der Waals surface area contributed by atoms with Crippen molar-refractivity contribution in [2.24, 2.45) is 74.1 Å². The summed E-state index contributed by atoms with van der Waals surface area (Å²) < 4.78 is 12.9. The summed E-state index contributed by atoms with van der Waals surface area (Å²) in [6.45, 7) is 5.55. The third-order valence-corrected chi connectivity index (χ3v) is 25.0. The number of benzene rings is 1. The number of rotatable bonds is 17. The van der Waals surface area contributed by atoms with Crippen molar-refractivity contribution in [3.05, 3.63) is 94.2 Å². The van der Waals surface area contributed by atoms with Gasteiger partial charge in [-0.05, 0) is 183 Å². The third-order valence-electron chi connectivity index (χ3n) is 22.5. The van der Waals surface area contributed by atoms with Gasteiger partial charge in [0.05, 0.1) is 18.8 Å². The predicted octanol–water partition coefficient (Wildman–Crippen LogP) is 11.3. The molecule has 1 aromatic carbocycles. The first kappa shape index (κ1) is 56.1. The molecule has 6 fully saturated rings. The number of aromatic hydroxyl groups is 1. The zero-order valence-corrected chi connectivity index (χ0v) is 49.0. The summed E-state index contributed by atoms with van der Waals surface area (Å²) in [6, 6.07) is 10.6. The van der Waals surface area contributed by atoms with E-state index in [1.165, 1.54) is 114 Å². The van der Waals surface area contributed by atoms with Crippen molar-refractivity contribution in [1.29, 1.82) is 0 Å². The van der Waals surface area contributed by atoms with E-state index in [2.05, 4.69) is 52.9 Å². The minimum atomic E-state index is -0.914. The summed E-state index contributed by atoms with van der Waals surface area (Å²) in [7, 11) is 4.00. The number of aliphatic imine (C=N–C) groups is 1. The van der Waals surface area contributed by atoms with Gasteiger partial charge in [-0.1, -0.05) is 97.4 Å². The fourth-order valence-corrected chi connectivity index (χ4v) is 21.4. The number of aliphatic hydroxyl groups excluding tert-OH is 3. The lowest BCUT2D eigenvalue weighted by Gasteiger charge is -2.56. The third kappa shape index (κ3) is 10.9. The van der Waals surface area contributed by atoms with Crippen LogP contribution < -0.4 is 26.8 Å². The highest BCUT2D eigenvalue weighted by atomic mass is 33.1. The Morgan fingerprint density at radius 1 is 0.899 bits per heavy atom. The number of fused-ring (bicyclic) bond motifs is 5. The van der Waals surface area contributed by atoms with Crippen molar-refractivity contribution in [3.63, 3.8) is 0 Å². The molecule has 14 rings (SSSR count). The molecular weight excluding hydrogens is 1020 g/mol. The van der Waals surface area contributed by atoms with Crippen LogP contribution in [0, 0.1) is 57.7 Å². The fraction of sp³-hybridized carbons (Fsp3) is 0.708. The Morgan fingerprint density at radius 2 is 1.72 bits per heavy atom. The number of H-pyrrole nitrogens is 1. The highest BCUT2D eigenvalue weighted by Gasteiger charge is 2.64. The van der Waals surface area contributed by atoms with E-state index in [0.717, 1.165) is 65.7 Å². The van der Waals surface area contributed by atoms with Gasteiger partial charge in [-0.2, -0.15) is 0 Å². The molecule has 0 unspecified atom stereocenters. The number of aromatic nitrogens is 1. The number of aliphatic hydroxyl groups is 3. The van der Waals surface area contributed by atoms with E-state index in [0.29, 0.717) is 84.5 Å². The minimum absolute atomic E-state index is 0.00213. The Balaban J connectivity index is 0.679. The smallest absolute Gasteiger partial charge is 0.189 e. The Labute approximate surface area is 478 Å². The molecule has 11 N–H and O–H groups in total. The lowest BCUT2D eigenvalue weighted by atomic mass is 9.50. The average molecular weight is 1120 g/mol. The number of nitrogens with two attached hydrogens (primary N) is 2. The summed E-state index contributed by atoms with van der Waals surface area (Å²) in [4.78, 5) is 9.02. The van der Waals surface area contributed by atoms with Crippen molar-refractivity contribution >= 4 is 27.5 Å². The van der Waals surface area contributed by atoms with Gasteiger partial charge in [0.15, 0.2) is 17.5 Å². The molecule has 1 saturated heterocycles. The lowest BCUT2D eigenvalue weighted by molar-refractivity contribution is -0.00497. The highest BCUT2D eigenvalue weighted by Crippen LogP contribution is 2.72. The van der Waals surface area contributed by atoms with Gasteiger partial charge in [0.25, 0.3) is 0 Å². The summed E-state index contributed by atoms with van der Waals surface area (Å²) in [5.41, 5.74) is 19.6. The fourth-order valence-electron chi connectivity index (χ4n) is 18.6. The van der Waals surface area contributed by atoms with E-state index < -0.39 is 12.2 Å². The number of aryl methyl sites for hydroxylation is 3. The van der Waals surface area contributed by atoms with Crippen LogP contribution in [0.5, 0.6) is 11.5 Å². The molecule has 3 spiro atoms. The topological polar surface area (TPSA) is 208 Å². The van der Waals surface area contributed by atoms with Crippen molar-refractivity contribution in [2.45, 2.75) is 197 Å². The first-order valence-corrected chi connectivity index (χ1v) is 33.8. The van der Waals surface area contributed by atoms with Crippen LogP contribution in [0.2, 0.25) is 0 Å². The van der Waals surface area contributed by atoms with Crippen LogP contribution in [0.15, 0.2) is 64.0 Å². The van der Waals surface area contributed by atoms with Gasteiger partial charge in [0, 0.05) is 78.3 Å². The summed E-state index contributed by atoms with van der Waals surface area (Å²) in [6.07, 6.45) is 33.1. The molecule has 0 amide bonds. The number of phenols is 1. The monoisotopic (exact) mass is 1120 g/mol. The molecule has 432 valence electrons. The number of allylic oxidation sites excluding steroid dienone is 4. The van der Waals surface area contributed by atoms with E-state index in [1.807, 2.05) is 46.7 Å². The molecule has 14 heteroatoms. The Kier molecular flexibility index (Phi) is 16.8. The van der Waals surface area contributed by atoms with Crippen LogP contribution in [0.1, 0.15) is 187 Å². The minimum Gasteiger partial charge on any atom is -0.504 e. The van der Waals surface area contributed by atoms with E-state index in [9.17, 15) is 20.4 Å². The van der Waals surface area contributed by atoms with E-state index in [4.69, 9.17) is 25.6 Å². The van der Waals surface area contributed by atoms with Crippen LogP contribution in [-0.4, -0.2) is 86.8 Å². The molecule has 5 saturated carbocycles.